The highest BCUT2D eigenvalue weighted by atomic mass is 35.5. The Bertz CT molecular complexity index is 2520. The van der Waals surface area contributed by atoms with Gasteiger partial charge in [0, 0.05) is 59.3 Å². The number of benzene rings is 3. The summed E-state index contributed by atoms with van der Waals surface area (Å²) in [6.07, 6.45) is 2.64. The van der Waals surface area contributed by atoms with Gasteiger partial charge in [0.25, 0.3) is 11.8 Å². The van der Waals surface area contributed by atoms with Crippen LogP contribution in [-0.4, -0.2) is 48.2 Å². The van der Waals surface area contributed by atoms with Gasteiger partial charge in [0.15, 0.2) is 0 Å². The number of amides is 1. The molecule has 0 fully saturated rings. The van der Waals surface area contributed by atoms with Crippen molar-refractivity contribution in [3.63, 3.8) is 0 Å². The summed E-state index contributed by atoms with van der Waals surface area (Å²) >= 11 is 13.5. The van der Waals surface area contributed by atoms with E-state index in [2.05, 4.69) is 34.7 Å². The fraction of sp³-hybridized carbons (Fsp3) is 0.300. The summed E-state index contributed by atoms with van der Waals surface area (Å²) in [4.78, 5) is 17.0. The zero-order valence-electron chi connectivity index (χ0n) is 30.2. The van der Waals surface area contributed by atoms with Crippen LogP contribution in [0.2, 0.25) is 10.0 Å². The van der Waals surface area contributed by atoms with E-state index in [1.54, 1.807) is 0 Å². The topological polar surface area (TPSA) is 96.1 Å². The summed E-state index contributed by atoms with van der Waals surface area (Å²) in [6, 6.07) is 15.9. The number of ether oxygens (including phenoxy) is 1. The number of hydrogen-bond donors (Lipinski definition) is 0. The first-order valence-electron chi connectivity index (χ1n) is 17.4. The maximum absolute atomic E-state index is 15.1. The number of aryl methyl sites for hydroxylation is 6. The Morgan fingerprint density at radius 1 is 0.981 bits per heavy atom. The van der Waals surface area contributed by atoms with E-state index in [0.717, 1.165) is 83.2 Å². The van der Waals surface area contributed by atoms with Crippen LogP contribution in [0.3, 0.4) is 0 Å². The van der Waals surface area contributed by atoms with Crippen molar-refractivity contribution in [2.75, 3.05) is 18.1 Å². The lowest BCUT2D eigenvalue weighted by Crippen LogP contribution is -2.42. The Kier molecular flexibility index (Phi) is 8.42. The summed E-state index contributed by atoms with van der Waals surface area (Å²) < 4.78 is 17.9. The van der Waals surface area contributed by atoms with Crippen LogP contribution in [0.25, 0.3) is 44.5 Å². The normalized spacial score (nSPS) is 14.6. The second-order valence-electron chi connectivity index (χ2n) is 13.8. The van der Waals surface area contributed by atoms with Gasteiger partial charge in [-0.2, -0.15) is 5.10 Å². The van der Waals surface area contributed by atoms with E-state index in [9.17, 15) is 0 Å². The molecule has 52 heavy (non-hydrogen) atoms. The minimum absolute atomic E-state index is 0.0634. The van der Waals surface area contributed by atoms with E-state index in [4.69, 9.17) is 37.5 Å². The largest absolute Gasteiger partial charge is 0.494 e. The van der Waals surface area contributed by atoms with Crippen LogP contribution >= 0.6 is 23.2 Å². The molecule has 1 atom stereocenters. The molecule has 0 saturated carbocycles. The number of anilines is 1. The molecule has 0 aliphatic carbocycles. The van der Waals surface area contributed by atoms with Gasteiger partial charge in [0.1, 0.15) is 17.1 Å². The van der Waals surface area contributed by atoms with Gasteiger partial charge in [0.05, 0.1) is 34.0 Å². The van der Waals surface area contributed by atoms with Crippen LogP contribution in [0.15, 0.2) is 59.3 Å². The molecule has 266 valence electrons. The lowest BCUT2D eigenvalue weighted by Gasteiger charge is -2.34. The molecular weight excluding hydrogens is 697 g/mol. The molecule has 5 heterocycles. The van der Waals surface area contributed by atoms with Gasteiger partial charge >= 0.3 is 0 Å². The third-order valence-electron chi connectivity index (χ3n) is 10.5. The zero-order valence-corrected chi connectivity index (χ0v) is 31.7. The Balaban J connectivity index is 1.26. The number of hydrogen-bond acceptors (Lipinski definition) is 6. The molecule has 1 amide bonds. The molecule has 0 radical (unpaired) electrons. The van der Waals surface area contributed by atoms with E-state index < -0.39 is 0 Å². The molecule has 0 saturated heterocycles. The maximum atomic E-state index is 15.1. The number of halogens is 2. The van der Waals surface area contributed by atoms with Crippen LogP contribution in [0, 0.1) is 27.7 Å². The molecule has 0 bridgehead atoms. The van der Waals surface area contributed by atoms with E-state index in [0.29, 0.717) is 42.6 Å². The summed E-state index contributed by atoms with van der Waals surface area (Å²) in [6.45, 7) is 11.1. The Hall–Kier alpha value is -5.06. The van der Waals surface area contributed by atoms with Gasteiger partial charge < -0.3 is 23.2 Å². The molecule has 3 aromatic carbocycles. The van der Waals surface area contributed by atoms with Gasteiger partial charge in [-0.05, 0) is 101 Å². The Morgan fingerprint density at radius 2 is 1.75 bits per heavy atom. The third kappa shape index (κ3) is 5.30. The van der Waals surface area contributed by atoms with Gasteiger partial charge in [0.2, 0.25) is 6.39 Å². The monoisotopic (exact) mass is 735 g/mol. The van der Waals surface area contributed by atoms with Gasteiger partial charge in [-0.25, -0.2) is 0 Å². The molecule has 10 nitrogen and oxygen atoms in total. The van der Waals surface area contributed by atoms with Crippen LogP contribution in [-0.2, 0) is 20.5 Å². The second-order valence-corrected chi connectivity index (χ2v) is 14.6. The predicted octanol–water partition coefficient (Wildman–Crippen LogP) is 9.36. The van der Waals surface area contributed by atoms with Crippen molar-refractivity contribution in [2.24, 2.45) is 14.1 Å². The average Bonchev–Trinajstić information content (AvgIpc) is 3.89. The number of fused-ring (bicyclic) bond motifs is 4. The van der Waals surface area contributed by atoms with E-state index >= 15 is 4.79 Å². The summed E-state index contributed by atoms with van der Waals surface area (Å²) in [5.74, 6) is 1.14. The van der Waals surface area contributed by atoms with E-state index in [-0.39, 0.29) is 11.9 Å². The molecule has 0 N–H and O–H groups in total. The number of carbonyl (C=O) groups is 1. The molecular formula is C40H39Cl2N7O3. The van der Waals surface area contributed by atoms with Crippen molar-refractivity contribution in [3.05, 3.63) is 98.7 Å². The van der Waals surface area contributed by atoms with Gasteiger partial charge in [-0.15, -0.1) is 10.2 Å². The molecule has 12 heteroatoms. The molecule has 1 aliphatic heterocycles. The Labute approximate surface area is 311 Å². The SMILES string of the molecule is Cc1cc(OCCCc2c3n(c4c(-c5c(C)nn(C)c5C)c(Cl)ccc24)C(C)CN(c2cccc4c2cc(-c2nnco2)n4C)C3=O)cc(C)c1Cl. The molecule has 0 spiro atoms. The number of carbonyl (C=O) groups excluding carboxylic acids is 1. The highest BCUT2D eigenvalue weighted by Gasteiger charge is 2.37. The number of rotatable bonds is 8. The fourth-order valence-electron chi connectivity index (χ4n) is 8.01. The van der Waals surface area contributed by atoms with Crippen LogP contribution < -0.4 is 9.64 Å². The van der Waals surface area contributed by atoms with Crippen LogP contribution in [0.5, 0.6) is 5.75 Å². The summed E-state index contributed by atoms with van der Waals surface area (Å²) in [7, 11) is 3.91. The first kappa shape index (κ1) is 34.0. The molecule has 7 aromatic rings. The minimum Gasteiger partial charge on any atom is -0.494 e. The standard InChI is InChI=1S/C40H39Cl2N7O3/c1-21-16-26(17-22(2)36(21)42)51-15-9-10-27-28-13-14-30(41)35(34-24(4)45-47(7)25(34)5)37(28)49-23(3)19-48(40(50)38(27)49)32-12-8-11-31-29(32)18-33(46(31)6)39-44-43-20-52-39/h8,11-14,16-18,20,23H,9-10,15,19H2,1-7H3. The highest BCUT2D eigenvalue weighted by Crippen LogP contribution is 2.46. The van der Waals surface area contributed by atoms with Crippen molar-refractivity contribution in [2.45, 2.75) is 53.5 Å². The quantitative estimate of drug-likeness (QED) is 0.144. The first-order chi connectivity index (χ1) is 25.0. The minimum atomic E-state index is -0.0795. The van der Waals surface area contributed by atoms with E-state index in [1.807, 2.05) is 91.5 Å². The number of aromatic nitrogens is 6. The van der Waals surface area contributed by atoms with E-state index in [1.165, 1.54) is 6.39 Å². The molecule has 4 aromatic heterocycles. The predicted molar refractivity (Wildman–Crippen MR) is 206 cm³/mol. The van der Waals surface area contributed by atoms with Crippen molar-refractivity contribution >= 4 is 56.6 Å². The Morgan fingerprint density at radius 3 is 2.44 bits per heavy atom. The summed E-state index contributed by atoms with van der Waals surface area (Å²) in [5.41, 5.74) is 10.9. The highest BCUT2D eigenvalue weighted by molar-refractivity contribution is 6.35. The average molecular weight is 737 g/mol. The van der Waals surface area contributed by atoms with Crippen molar-refractivity contribution in [1.82, 2.24) is 29.1 Å². The van der Waals surface area contributed by atoms with Crippen LogP contribution in [0.4, 0.5) is 5.69 Å². The lowest BCUT2D eigenvalue weighted by molar-refractivity contribution is 0.0957. The van der Waals surface area contributed by atoms with Crippen molar-refractivity contribution < 1.29 is 13.9 Å². The first-order valence-corrected chi connectivity index (χ1v) is 18.1. The third-order valence-corrected chi connectivity index (χ3v) is 11.4. The smallest absolute Gasteiger partial charge is 0.275 e. The van der Waals surface area contributed by atoms with Crippen molar-refractivity contribution in [3.8, 4) is 28.5 Å². The molecule has 1 aliphatic rings. The second kappa shape index (κ2) is 12.9. The lowest BCUT2D eigenvalue weighted by atomic mass is 9.98. The van der Waals surface area contributed by atoms with Crippen molar-refractivity contribution in [1.29, 1.82) is 0 Å². The maximum Gasteiger partial charge on any atom is 0.275 e. The zero-order chi connectivity index (χ0) is 36.6. The fourth-order valence-corrected chi connectivity index (χ4v) is 8.36. The number of nitrogens with zero attached hydrogens (tertiary/aromatic N) is 7. The molecule has 8 rings (SSSR count). The summed E-state index contributed by atoms with van der Waals surface area (Å²) in [5, 5.41) is 16.1. The van der Waals surface area contributed by atoms with Gasteiger partial charge in [-0.3, -0.25) is 9.48 Å². The van der Waals surface area contributed by atoms with Gasteiger partial charge in [-0.1, -0.05) is 35.3 Å². The molecule has 1 unspecified atom stereocenters. The van der Waals surface area contributed by atoms with Crippen LogP contribution in [0.1, 0.15) is 58.0 Å².